The molecular weight excluding hydrogens is 418 g/mol. The number of fused-ring (bicyclic) bond motifs is 1. The summed E-state index contributed by atoms with van der Waals surface area (Å²) < 4.78 is 14.4. The van der Waals surface area contributed by atoms with Gasteiger partial charge in [-0.3, -0.25) is 9.48 Å². The fourth-order valence-electron chi connectivity index (χ4n) is 4.25. The van der Waals surface area contributed by atoms with Gasteiger partial charge in [-0.1, -0.05) is 0 Å². The smallest absolute Gasteiger partial charge is 0.252 e. The first-order chi connectivity index (χ1) is 15.4. The number of nitrogens with one attached hydrogen (secondary N) is 1. The van der Waals surface area contributed by atoms with Crippen LogP contribution in [0.25, 0.3) is 22.3 Å². The molecule has 3 aromatic heterocycles. The number of nitrogen functional groups attached to an aromatic ring is 1. The van der Waals surface area contributed by atoms with E-state index >= 15 is 0 Å². The van der Waals surface area contributed by atoms with Gasteiger partial charge in [0.1, 0.15) is 30.0 Å². The monoisotopic (exact) mass is 443 g/mol. The highest BCUT2D eigenvalue weighted by atomic mass is 16.6. The lowest BCUT2D eigenvalue weighted by Gasteiger charge is -2.17. The van der Waals surface area contributed by atoms with Crippen LogP contribution in [-0.2, 0) is 21.3 Å². The molecule has 5 atom stereocenters. The molecule has 5 rings (SSSR count). The lowest BCUT2D eigenvalue weighted by Crippen LogP contribution is -2.44. The molecule has 2 fully saturated rings. The largest absolute Gasteiger partial charge is 0.387 e. The van der Waals surface area contributed by atoms with Gasteiger partial charge < -0.3 is 35.3 Å². The number of nitrogens with zero attached hydrogens (tertiary/aromatic N) is 5. The van der Waals surface area contributed by atoms with E-state index in [-0.39, 0.29) is 11.7 Å². The summed E-state index contributed by atoms with van der Waals surface area (Å²) in [5, 5.41) is 29.0. The van der Waals surface area contributed by atoms with E-state index < -0.39 is 30.4 Å². The Morgan fingerprint density at radius 3 is 2.91 bits per heavy atom. The van der Waals surface area contributed by atoms with Crippen LogP contribution in [0.4, 0.5) is 5.82 Å². The van der Waals surface area contributed by atoms with Crippen molar-refractivity contribution in [3.63, 3.8) is 0 Å². The number of aryl methyl sites for hydroxylation is 1. The molecule has 1 unspecified atom stereocenters. The number of aromatic nitrogens is 5. The zero-order chi connectivity index (χ0) is 22.4. The number of rotatable bonds is 5. The Morgan fingerprint density at radius 1 is 1.34 bits per heavy atom. The maximum absolute atomic E-state index is 12.7. The number of ether oxygens (including phenoxy) is 2. The van der Waals surface area contributed by atoms with Crippen molar-refractivity contribution < 1.29 is 24.5 Å². The molecule has 5 N–H and O–H groups in total. The Morgan fingerprint density at radius 2 is 2.19 bits per heavy atom. The second-order valence-electron chi connectivity index (χ2n) is 8.19. The topological polar surface area (TPSA) is 163 Å². The Balaban J connectivity index is 1.45. The second-order valence-corrected chi connectivity index (χ2v) is 8.19. The lowest BCUT2D eigenvalue weighted by molar-refractivity contribution is -0.137. The first kappa shape index (κ1) is 20.8. The molecule has 2 aliphatic rings. The van der Waals surface area contributed by atoms with Crippen LogP contribution >= 0.6 is 0 Å². The number of aliphatic hydroxyl groups is 2. The van der Waals surface area contributed by atoms with Crippen LogP contribution in [0.5, 0.6) is 0 Å². The predicted molar refractivity (Wildman–Crippen MR) is 112 cm³/mol. The van der Waals surface area contributed by atoms with E-state index in [1.54, 1.807) is 28.7 Å². The Kier molecular flexibility index (Phi) is 5.29. The van der Waals surface area contributed by atoms with Gasteiger partial charge in [0.25, 0.3) is 5.91 Å². The van der Waals surface area contributed by atoms with Gasteiger partial charge in [-0.15, -0.1) is 0 Å². The van der Waals surface area contributed by atoms with E-state index in [1.807, 2.05) is 6.07 Å². The van der Waals surface area contributed by atoms with E-state index in [2.05, 4.69) is 20.4 Å². The van der Waals surface area contributed by atoms with Crippen molar-refractivity contribution in [1.29, 1.82) is 0 Å². The standard InChI is InChI=1S/C20H25N7O5/c1-26-4-2-12(25-26)11-7-27(18-13(11)17(21)23-9-24-18)20-15(29)14(28)16(32-20)19(30)22-6-10-3-5-31-8-10/h2,4,7,9-10,14-16,20,28-29H,3,5-6,8H2,1H3,(H,22,30)(H2,21,23,24)/t10?,14-,15+,16-,20+/m0/s1. The molecule has 0 aliphatic carbocycles. The average molecular weight is 443 g/mol. The van der Waals surface area contributed by atoms with E-state index in [0.29, 0.717) is 42.0 Å². The Labute approximate surface area is 183 Å². The second kappa shape index (κ2) is 8.13. The number of anilines is 1. The Hall–Kier alpha value is -3.06. The summed E-state index contributed by atoms with van der Waals surface area (Å²) in [4.78, 5) is 21.0. The maximum Gasteiger partial charge on any atom is 0.252 e. The highest BCUT2D eigenvalue weighted by Crippen LogP contribution is 2.37. The number of aliphatic hydroxyl groups excluding tert-OH is 2. The SMILES string of the molecule is Cn1ccc(-c2cn([C@@H]3O[C@H](C(=O)NCC4CCOC4)[C@@H](O)[C@H]3O)c3ncnc(N)c23)n1. The third kappa shape index (κ3) is 3.50. The van der Waals surface area contributed by atoms with Gasteiger partial charge in [-0.25, -0.2) is 9.97 Å². The van der Waals surface area contributed by atoms with Gasteiger partial charge >= 0.3 is 0 Å². The van der Waals surface area contributed by atoms with Crippen LogP contribution in [-0.4, -0.2) is 78.5 Å². The lowest BCUT2D eigenvalue weighted by atomic mass is 10.1. The summed E-state index contributed by atoms with van der Waals surface area (Å²) in [6.45, 7) is 1.69. The zero-order valence-corrected chi connectivity index (χ0v) is 17.5. The van der Waals surface area contributed by atoms with Crippen molar-refractivity contribution in [3.8, 4) is 11.3 Å². The molecule has 5 heterocycles. The van der Waals surface area contributed by atoms with Crippen LogP contribution in [0.1, 0.15) is 12.6 Å². The fourth-order valence-corrected chi connectivity index (χ4v) is 4.25. The number of carbonyl (C=O) groups is 1. The first-order valence-electron chi connectivity index (χ1n) is 10.4. The summed E-state index contributed by atoms with van der Waals surface area (Å²) in [5.74, 6) is -0.00997. The highest BCUT2D eigenvalue weighted by molar-refractivity contribution is 5.99. The highest BCUT2D eigenvalue weighted by Gasteiger charge is 2.48. The minimum atomic E-state index is -1.41. The molecule has 32 heavy (non-hydrogen) atoms. The van der Waals surface area contributed by atoms with Crippen LogP contribution in [0.2, 0.25) is 0 Å². The minimum absolute atomic E-state index is 0.229. The molecule has 0 radical (unpaired) electrons. The predicted octanol–water partition coefficient (Wildman–Crippen LogP) is -0.814. The van der Waals surface area contributed by atoms with E-state index in [9.17, 15) is 15.0 Å². The number of carbonyl (C=O) groups excluding carboxylic acids is 1. The maximum atomic E-state index is 12.7. The van der Waals surface area contributed by atoms with E-state index in [0.717, 1.165) is 6.42 Å². The van der Waals surface area contributed by atoms with Crippen molar-refractivity contribution in [2.75, 3.05) is 25.5 Å². The number of nitrogens with two attached hydrogens (primary N) is 1. The van der Waals surface area contributed by atoms with Crippen molar-refractivity contribution in [3.05, 3.63) is 24.8 Å². The van der Waals surface area contributed by atoms with Gasteiger partial charge in [-0.2, -0.15) is 5.10 Å². The number of amides is 1. The van der Waals surface area contributed by atoms with Gasteiger partial charge in [0.2, 0.25) is 0 Å². The first-order valence-corrected chi connectivity index (χ1v) is 10.4. The van der Waals surface area contributed by atoms with Crippen molar-refractivity contribution in [2.24, 2.45) is 13.0 Å². The molecule has 2 aliphatic heterocycles. The summed E-state index contributed by atoms with van der Waals surface area (Å²) >= 11 is 0. The van der Waals surface area contributed by atoms with Gasteiger partial charge in [0.15, 0.2) is 12.3 Å². The number of hydrogen-bond donors (Lipinski definition) is 4. The molecular formula is C20H25N7O5. The van der Waals surface area contributed by atoms with Crippen molar-refractivity contribution in [1.82, 2.24) is 29.6 Å². The molecule has 0 aromatic carbocycles. The van der Waals surface area contributed by atoms with Crippen molar-refractivity contribution in [2.45, 2.75) is 31.0 Å². The van der Waals surface area contributed by atoms with Gasteiger partial charge in [0, 0.05) is 44.1 Å². The third-order valence-corrected chi connectivity index (χ3v) is 5.99. The van der Waals surface area contributed by atoms with Crippen LogP contribution in [0.15, 0.2) is 24.8 Å². The molecule has 0 saturated carbocycles. The molecule has 170 valence electrons. The molecule has 12 nitrogen and oxygen atoms in total. The summed E-state index contributed by atoms with van der Waals surface area (Å²) in [6, 6.07) is 1.81. The molecule has 0 spiro atoms. The normalized spacial score (nSPS) is 27.9. The Bertz CT molecular complexity index is 1140. The quantitative estimate of drug-likeness (QED) is 0.395. The van der Waals surface area contributed by atoms with Crippen LogP contribution in [0, 0.1) is 5.92 Å². The zero-order valence-electron chi connectivity index (χ0n) is 17.5. The molecule has 12 heteroatoms. The molecule has 1 amide bonds. The van der Waals surface area contributed by atoms with Crippen LogP contribution in [0.3, 0.4) is 0 Å². The van der Waals surface area contributed by atoms with Gasteiger partial charge in [-0.05, 0) is 12.5 Å². The van der Waals surface area contributed by atoms with Crippen LogP contribution < -0.4 is 11.1 Å². The molecule has 3 aromatic rings. The minimum Gasteiger partial charge on any atom is -0.387 e. The van der Waals surface area contributed by atoms with Crippen molar-refractivity contribution >= 4 is 22.8 Å². The number of hydrogen-bond acceptors (Lipinski definition) is 9. The summed E-state index contributed by atoms with van der Waals surface area (Å²) in [7, 11) is 1.80. The summed E-state index contributed by atoms with van der Waals surface area (Å²) in [5.41, 5.74) is 7.81. The molecule has 2 saturated heterocycles. The van der Waals surface area contributed by atoms with Gasteiger partial charge in [0.05, 0.1) is 17.7 Å². The van der Waals surface area contributed by atoms with E-state index in [4.69, 9.17) is 15.2 Å². The average Bonchev–Trinajstić information content (AvgIpc) is 3.55. The fraction of sp³-hybridized carbons (Fsp3) is 0.500. The third-order valence-electron chi connectivity index (χ3n) is 5.99. The summed E-state index contributed by atoms with van der Waals surface area (Å²) in [6.07, 6.45) is 0.609. The molecule has 0 bridgehead atoms. The van der Waals surface area contributed by atoms with E-state index in [1.165, 1.54) is 6.33 Å².